The Hall–Kier alpha value is -3.32. The Kier molecular flexibility index (Phi) is 6.28. The molecule has 2 heterocycles. The molecule has 1 aliphatic heterocycles. The van der Waals surface area contributed by atoms with Gasteiger partial charge in [0.2, 0.25) is 0 Å². The topological polar surface area (TPSA) is 64.3 Å². The van der Waals surface area contributed by atoms with E-state index in [-0.39, 0.29) is 18.1 Å². The van der Waals surface area contributed by atoms with Crippen LogP contribution in [-0.4, -0.2) is 32.8 Å². The summed E-state index contributed by atoms with van der Waals surface area (Å²) in [4.78, 5) is 16.7. The summed E-state index contributed by atoms with van der Waals surface area (Å²) in [7, 11) is 0. The summed E-state index contributed by atoms with van der Waals surface area (Å²) in [5, 5.41) is 9.88. The number of cyclic esters (lactones) is 1. The van der Waals surface area contributed by atoms with Gasteiger partial charge in [-0.25, -0.2) is 13.8 Å². The summed E-state index contributed by atoms with van der Waals surface area (Å²) in [6.07, 6.45) is 6.16. The number of carbonyl (C=O) groups is 1. The third kappa shape index (κ3) is 4.66. The zero-order valence-corrected chi connectivity index (χ0v) is 18.7. The highest BCUT2D eigenvalue weighted by Crippen LogP contribution is 2.41. The van der Waals surface area contributed by atoms with Crippen molar-refractivity contribution >= 4 is 5.97 Å². The van der Waals surface area contributed by atoms with E-state index in [1.807, 2.05) is 6.08 Å². The van der Waals surface area contributed by atoms with Crippen molar-refractivity contribution in [2.24, 2.45) is 0 Å². The van der Waals surface area contributed by atoms with Crippen LogP contribution in [0.25, 0.3) is 22.5 Å². The van der Waals surface area contributed by atoms with E-state index >= 15 is 0 Å². The van der Waals surface area contributed by atoms with Gasteiger partial charge in [-0.15, -0.1) is 0 Å². The van der Waals surface area contributed by atoms with E-state index in [4.69, 9.17) is 9.72 Å². The molecule has 2 fully saturated rings. The SMILES string of the molecule is O=C1CC(O)CC(/C=C/Cn2c(C3CCC3)nc(-c3ccc(F)cc3)c2-c2ccc(F)cc2)O1. The number of aliphatic hydroxyl groups excluding tert-OH is 1. The Bertz CT molecular complexity index is 1200. The second-order valence-corrected chi connectivity index (χ2v) is 8.97. The third-order valence-corrected chi connectivity index (χ3v) is 6.53. The van der Waals surface area contributed by atoms with Crippen molar-refractivity contribution in [3.63, 3.8) is 0 Å². The molecule has 0 bridgehead atoms. The van der Waals surface area contributed by atoms with Crippen LogP contribution in [0, 0.1) is 11.6 Å². The summed E-state index contributed by atoms with van der Waals surface area (Å²) in [5.74, 6) is 0.205. The molecule has 2 aromatic carbocycles. The fourth-order valence-corrected chi connectivity index (χ4v) is 4.59. The van der Waals surface area contributed by atoms with Crippen LogP contribution in [0.4, 0.5) is 8.78 Å². The molecule has 176 valence electrons. The number of allylic oxidation sites excluding steroid dienone is 1. The van der Waals surface area contributed by atoms with Crippen LogP contribution in [0.5, 0.6) is 0 Å². The summed E-state index contributed by atoms with van der Waals surface area (Å²) in [5.41, 5.74) is 3.15. The molecule has 3 aromatic rings. The van der Waals surface area contributed by atoms with E-state index in [1.54, 1.807) is 30.3 Å². The summed E-state index contributed by atoms with van der Waals surface area (Å²) in [6, 6.07) is 12.5. The lowest BCUT2D eigenvalue weighted by atomic mass is 9.85. The predicted molar refractivity (Wildman–Crippen MR) is 124 cm³/mol. The number of halogens is 2. The van der Waals surface area contributed by atoms with Crippen LogP contribution in [0.15, 0.2) is 60.7 Å². The van der Waals surface area contributed by atoms with E-state index in [9.17, 15) is 18.7 Å². The molecule has 7 heteroatoms. The number of carbonyl (C=O) groups excluding carboxylic acids is 1. The number of nitrogens with zero attached hydrogens (tertiary/aromatic N) is 2. The first kappa shape index (κ1) is 22.5. The van der Waals surface area contributed by atoms with Crippen LogP contribution in [-0.2, 0) is 16.1 Å². The molecule has 1 N–H and O–H groups in total. The van der Waals surface area contributed by atoms with Gasteiger partial charge < -0.3 is 14.4 Å². The second kappa shape index (κ2) is 9.50. The Morgan fingerprint density at radius 3 is 2.26 bits per heavy atom. The average molecular weight is 465 g/mol. The van der Waals surface area contributed by atoms with Gasteiger partial charge in [0.25, 0.3) is 0 Å². The van der Waals surface area contributed by atoms with E-state index in [1.165, 1.54) is 24.3 Å². The van der Waals surface area contributed by atoms with E-state index in [0.29, 0.717) is 18.9 Å². The van der Waals surface area contributed by atoms with Crippen LogP contribution in [0.2, 0.25) is 0 Å². The third-order valence-electron chi connectivity index (χ3n) is 6.53. The summed E-state index contributed by atoms with van der Waals surface area (Å²) in [6.45, 7) is 0.469. The van der Waals surface area contributed by atoms with E-state index in [2.05, 4.69) is 4.57 Å². The Balaban J connectivity index is 1.56. The maximum atomic E-state index is 13.7. The molecule has 1 saturated heterocycles. The highest BCUT2D eigenvalue weighted by atomic mass is 19.1. The van der Waals surface area contributed by atoms with Crippen molar-refractivity contribution in [3.05, 3.63) is 78.1 Å². The van der Waals surface area contributed by atoms with Crippen LogP contribution >= 0.6 is 0 Å². The average Bonchev–Trinajstić information content (AvgIpc) is 3.12. The maximum Gasteiger partial charge on any atom is 0.309 e. The van der Waals surface area contributed by atoms with Gasteiger partial charge in [0, 0.05) is 30.0 Å². The summed E-state index contributed by atoms with van der Waals surface area (Å²) < 4.78 is 34.8. The number of imidazole rings is 1. The fraction of sp³-hybridized carbons (Fsp3) is 0.333. The maximum absolute atomic E-state index is 13.7. The molecule has 0 amide bonds. The summed E-state index contributed by atoms with van der Waals surface area (Å²) >= 11 is 0. The van der Waals surface area contributed by atoms with E-state index in [0.717, 1.165) is 47.6 Å². The molecule has 1 aliphatic carbocycles. The Labute approximate surface area is 196 Å². The molecule has 5 nitrogen and oxygen atoms in total. The first-order valence-corrected chi connectivity index (χ1v) is 11.6. The van der Waals surface area contributed by atoms with Gasteiger partial charge >= 0.3 is 5.97 Å². The first-order valence-electron chi connectivity index (χ1n) is 11.6. The minimum atomic E-state index is -0.700. The van der Waals surface area contributed by atoms with Crippen LogP contribution < -0.4 is 0 Å². The number of hydrogen-bond acceptors (Lipinski definition) is 4. The number of ether oxygens (including phenoxy) is 1. The lowest BCUT2D eigenvalue weighted by Crippen LogP contribution is -2.31. The lowest BCUT2D eigenvalue weighted by Gasteiger charge is -2.26. The molecule has 1 saturated carbocycles. The number of rotatable bonds is 6. The van der Waals surface area contributed by atoms with Crippen molar-refractivity contribution in [2.45, 2.75) is 56.8 Å². The van der Waals surface area contributed by atoms with E-state index < -0.39 is 18.2 Å². The number of aromatic nitrogens is 2. The Morgan fingerprint density at radius 2 is 1.68 bits per heavy atom. The smallest absolute Gasteiger partial charge is 0.309 e. The molecule has 0 radical (unpaired) electrons. The normalized spacial score (nSPS) is 21.0. The zero-order chi connectivity index (χ0) is 23.7. The minimum Gasteiger partial charge on any atom is -0.458 e. The monoisotopic (exact) mass is 464 g/mol. The molecular weight excluding hydrogens is 438 g/mol. The van der Waals surface area contributed by atoms with Crippen molar-refractivity contribution in [2.75, 3.05) is 0 Å². The minimum absolute atomic E-state index is 0.0213. The standard InChI is InChI=1S/C27H26F2N2O3/c28-20-10-6-17(7-11-20)25-26(18-8-12-21(29)13-9-18)31(27(30-25)19-3-1-4-19)14-2-5-23-15-22(32)16-24(33)34-23/h2,5-13,19,22-23,32H,1,3-4,14-16H2/b5-2+. The van der Waals surface area contributed by atoms with Gasteiger partial charge in [-0.05, 0) is 67.4 Å². The van der Waals surface area contributed by atoms with Gasteiger partial charge in [0.05, 0.1) is 23.9 Å². The molecule has 2 atom stereocenters. The highest BCUT2D eigenvalue weighted by molar-refractivity contribution is 5.79. The van der Waals surface area contributed by atoms with Crippen molar-refractivity contribution in [3.8, 4) is 22.5 Å². The van der Waals surface area contributed by atoms with Crippen molar-refractivity contribution in [1.82, 2.24) is 9.55 Å². The molecule has 2 unspecified atom stereocenters. The number of esters is 1. The van der Waals surface area contributed by atoms with Gasteiger partial charge in [-0.2, -0.15) is 0 Å². The van der Waals surface area contributed by atoms with Gasteiger partial charge in [0.1, 0.15) is 23.6 Å². The molecule has 2 aliphatic rings. The highest BCUT2D eigenvalue weighted by Gasteiger charge is 2.29. The molecule has 0 spiro atoms. The number of aliphatic hydroxyl groups is 1. The van der Waals surface area contributed by atoms with Gasteiger partial charge in [-0.3, -0.25) is 4.79 Å². The van der Waals surface area contributed by atoms with Crippen LogP contribution in [0.1, 0.15) is 43.8 Å². The molecule has 1 aromatic heterocycles. The van der Waals surface area contributed by atoms with Crippen LogP contribution in [0.3, 0.4) is 0 Å². The van der Waals surface area contributed by atoms with Crippen molar-refractivity contribution < 1.29 is 23.4 Å². The van der Waals surface area contributed by atoms with Crippen molar-refractivity contribution in [1.29, 1.82) is 0 Å². The predicted octanol–water partition coefficient (Wildman–Crippen LogP) is 5.39. The quantitative estimate of drug-likeness (QED) is 0.393. The molecule has 5 rings (SSSR count). The number of hydrogen-bond donors (Lipinski definition) is 1. The first-order chi connectivity index (χ1) is 16.5. The molecular formula is C27H26F2N2O3. The van der Waals surface area contributed by atoms with Gasteiger partial charge in [-0.1, -0.05) is 12.5 Å². The second-order valence-electron chi connectivity index (χ2n) is 8.97. The largest absolute Gasteiger partial charge is 0.458 e. The van der Waals surface area contributed by atoms with Gasteiger partial charge in [0.15, 0.2) is 0 Å². The zero-order valence-electron chi connectivity index (χ0n) is 18.7. The lowest BCUT2D eigenvalue weighted by molar-refractivity contribution is -0.156. The Morgan fingerprint density at radius 1 is 1.03 bits per heavy atom. The fourth-order valence-electron chi connectivity index (χ4n) is 4.59. The molecule has 34 heavy (non-hydrogen) atoms. The number of benzene rings is 2.